The molecule has 0 saturated carbocycles. The maximum Gasteiger partial charge on any atom is 0.154 e. The molecule has 0 N–H and O–H groups in total. The van der Waals surface area contributed by atoms with Gasteiger partial charge in [0.1, 0.15) is 11.5 Å². The van der Waals surface area contributed by atoms with Crippen molar-refractivity contribution in [2.24, 2.45) is 0 Å². The Kier molecular flexibility index (Phi) is 3.86. The second kappa shape index (κ2) is 4.71. The minimum absolute atomic E-state index is 0.414. The second-order valence-corrected chi connectivity index (χ2v) is 5.98. The van der Waals surface area contributed by atoms with Crippen LogP contribution in [-0.4, -0.2) is 11.5 Å². The molecule has 0 aliphatic rings. The molecular weight excluding hydrogens is 176 g/mol. The Morgan fingerprint density at radius 1 is 1.23 bits per heavy atom. The highest BCUT2D eigenvalue weighted by Gasteiger charge is 2.21. The van der Waals surface area contributed by atoms with Crippen LogP contribution in [0.2, 0.25) is 0 Å². The van der Waals surface area contributed by atoms with Gasteiger partial charge in [0.05, 0.1) is 0 Å². The average molecular weight is 195 g/mol. The molecule has 0 bridgehead atoms. The lowest BCUT2D eigenvalue weighted by atomic mass is 10.2. The molecule has 0 saturated heterocycles. The minimum atomic E-state index is 0.414. The summed E-state index contributed by atoms with van der Waals surface area (Å²) < 4.78 is 0. The minimum Gasteiger partial charge on any atom is -0.0606 e. The van der Waals surface area contributed by atoms with Crippen molar-refractivity contribution < 1.29 is 0 Å². The molecule has 0 radical (unpaired) electrons. The number of benzene rings is 1. The van der Waals surface area contributed by atoms with E-state index < -0.39 is 0 Å². The van der Waals surface area contributed by atoms with Crippen molar-refractivity contribution in [3.8, 4) is 0 Å². The van der Waals surface area contributed by atoms with Crippen molar-refractivity contribution in [1.29, 1.82) is 0 Å². The van der Waals surface area contributed by atoms with E-state index in [4.69, 9.17) is 0 Å². The molecule has 0 nitrogen and oxygen atoms in total. The van der Waals surface area contributed by atoms with Crippen LogP contribution in [0.15, 0.2) is 29.2 Å². The first kappa shape index (κ1) is 10.6. The van der Waals surface area contributed by atoms with Crippen LogP contribution in [0, 0.1) is 6.92 Å². The maximum absolute atomic E-state index is 2.35. The van der Waals surface area contributed by atoms with Crippen molar-refractivity contribution in [2.45, 2.75) is 37.3 Å². The third-order valence-corrected chi connectivity index (χ3v) is 5.13. The van der Waals surface area contributed by atoms with Gasteiger partial charge in [-0.15, -0.1) is 0 Å². The van der Waals surface area contributed by atoms with Crippen molar-refractivity contribution in [3.05, 3.63) is 29.8 Å². The monoisotopic (exact) mass is 195 g/mol. The molecule has 1 rings (SSSR count). The van der Waals surface area contributed by atoms with Crippen molar-refractivity contribution in [2.75, 3.05) is 6.26 Å². The van der Waals surface area contributed by atoms with Crippen LogP contribution >= 0.6 is 0 Å². The van der Waals surface area contributed by atoms with E-state index in [2.05, 4.69) is 51.3 Å². The molecule has 0 fully saturated rings. The van der Waals surface area contributed by atoms with Crippen LogP contribution in [-0.2, 0) is 10.9 Å². The van der Waals surface area contributed by atoms with Crippen LogP contribution in [0.5, 0.6) is 0 Å². The van der Waals surface area contributed by atoms with E-state index in [0.29, 0.717) is 10.9 Å². The average Bonchev–Trinajstić information content (AvgIpc) is 2.17. The van der Waals surface area contributed by atoms with Gasteiger partial charge in [-0.05, 0) is 32.4 Å². The Morgan fingerprint density at radius 2 is 1.77 bits per heavy atom. The van der Waals surface area contributed by atoms with Crippen LogP contribution in [0.25, 0.3) is 0 Å². The molecule has 2 atom stereocenters. The van der Waals surface area contributed by atoms with E-state index in [9.17, 15) is 0 Å². The van der Waals surface area contributed by atoms with Gasteiger partial charge in [-0.3, -0.25) is 0 Å². The Bertz CT molecular complexity index is 250. The smallest absolute Gasteiger partial charge is 0.0606 e. The van der Waals surface area contributed by atoms with Gasteiger partial charge in [0.2, 0.25) is 0 Å². The van der Waals surface area contributed by atoms with Crippen LogP contribution in [0.1, 0.15) is 25.8 Å². The highest BCUT2D eigenvalue weighted by atomic mass is 32.2. The third-order valence-electron chi connectivity index (χ3n) is 2.57. The summed E-state index contributed by atoms with van der Waals surface area (Å²) in [6.45, 7) is 6.74. The van der Waals surface area contributed by atoms with E-state index in [1.165, 1.54) is 16.9 Å². The molecule has 0 aliphatic heterocycles. The summed E-state index contributed by atoms with van der Waals surface area (Å²) in [7, 11) is 0.414. The first-order valence-electron chi connectivity index (χ1n) is 4.86. The molecule has 72 valence electrons. The fraction of sp³-hybridized carbons (Fsp3) is 0.500. The highest BCUT2D eigenvalue weighted by molar-refractivity contribution is 7.96. The summed E-state index contributed by atoms with van der Waals surface area (Å²) in [6.07, 6.45) is 3.62. The van der Waals surface area contributed by atoms with E-state index in [-0.39, 0.29) is 0 Å². The molecular formula is C12H19S+. The van der Waals surface area contributed by atoms with Gasteiger partial charge in [0.25, 0.3) is 0 Å². The van der Waals surface area contributed by atoms with Crippen molar-refractivity contribution >= 4 is 10.9 Å². The summed E-state index contributed by atoms with van der Waals surface area (Å²) in [5.74, 6) is 0. The van der Waals surface area contributed by atoms with Gasteiger partial charge in [-0.25, -0.2) is 0 Å². The van der Waals surface area contributed by atoms with Gasteiger partial charge >= 0.3 is 0 Å². The normalized spacial score (nSPS) is 15.4. The number of hydrogen-bond donors (Lipinski definition) is 0. The number of rotatable bonds is 3. The molecule has 0 aliphatic carbocycles. The summed E-state index contributed by atoms with van der Waals surface area (Å²) >= 11 is 0. The van der Waals surface area contributed by atoms with Gasteiger partial charge in [0, 0.05) is 10.9 Å². The van der Waals surface area contributed by atoms with Crippen molar-refractivity contribution in [1.82, 2.24) is 0 Å². The Hall–Kier alpha value is -0.430. The zero-order chi connectivity index (χ0) is 9.84. The summed E-state index contributed by atoms with van der Waals surface area (Å²) in [6, 6.07) is 8.96. The second-order valence-electron chi connectivity index (χ2n) is 3.59. The van der Waals surface area contributed by atoms with E-state index in [0.717, 1.165) is 5.25 Å². The summed E-state index contributed by atoms with van der Waals surface area (Å²) in [5, 5.41) is 0.808. The fourth-order valence-electron chi connectivity index (χ4n) is 1.24. The predicted molar refractivity (Wildman–Crippen MR) is 62.5 cm³/mol. The summed E-state index contributed by atoms with van der Waals surface area (Å²) in [5.41, 5.74) is 1.35. The molecule has 0 aromatic heterocycles. The zero-order valence-electron chi connectivity index (χ0n) is 9.00. The molecule has 0 heterocycles. The SMILES string of the molecule is CCC(C)[S+](C)c1ccc(C)cc1. The Balaban J connectivity index is 2.77. The molecule has 2 unspecified atom stereocenters. The van der Waals surface area contributed by atoms with E-state index in [1.54, 1.807) is 0 Å². The molecule has 0 amide bonds. The number of hydrogen-bond acceptors (Lipinski definition) is 0. The lowest BCUT2D eigenvalue weighted by Crippen LogP contribution is -2.15. The van der Waals surface area contributed by atoms with E-state index >= 15 is 0 Å². The van der Waals surface area contributed by atoms with Gasteiger partial charge in [-0.2, -0.15) is 0 Å². The van der Waals surface area contributed by atoms with Crippen LogP contribution < -0.4 is 0 Å². The van der Waals surface area contributed by atoms with Gasteiger partial charge in [0.15, 0.2) is 4.90 Å². The molecule has 1 aromatic rings. The number of aryl methyl sites for hydroxylation is 1. The Labute approximate surface area is 84.7 Å². The highest BCUT2D eigenvalue weighted by Crippen LogP contribution is 2.18. The largest absolute Gasteiger partial charge is 0.154 e. The predicted octanol–water partition coefficient (Wildman–Crippen LogP) is 3.40. The molecule has 0 spiro atoms. The molecule has 1 aromatic carbocycles. The lowest BCUT2D eigenvalue weighted by molar-refractivity contribution is 0.896. The lowest BCUT2D eigenvalue weighted by Gasteiger charge is -2.08. The maximum atomic E-state index is 2.35. The van der Waals surface area contributed by atoms with Crippen LogP contribution in [0.3, 0.4) is 0 Å². The third kappa shape index (κ3) is 2.77. The van der Waals surface area contributed by atoms with Crippen molar-refractivity contribution in [3.63, 3.8) is 0 Å². The standard InChI is InChI=1S/C12H19S/c1-5-11(3)13(4)12-8-6-10(2)7-9-12/h6-9,11H,5H2,1-4H3/q+1. The zero-order valence-corrected chi connectivity index (χ0v) is 9.82. The van der Waals surface area contributed by atoms with Crippen LogP contribution in [0.4, 0.5) is 0 Å². The first-order chi connectivity index (χ1) is 6.15. The van der Waals surface area contributed by atoms with E-state index in [1.807, 2.05) is 0 Å². The molecule has 1 heteroatoms. The Morgan fingerprint density at radius 3 is 2.23 bits per heavy atom. The molecule has 13 heavy (non-hydrogen) atoms. The fourth-order valence-corrected chi connectivity index (χ4v) is 2.77. The van der Waals surface area contributed by atoms with Gasteiger partial charge in [-0.1, -0.05) is 24.6 Å². The topological polar surface area (TPSA) is 0 Å². The van der Waals surface area contributed by atoms with Gasteiger partial charge < -0.3 is 0 Å². The summed E-state index contributed by atoms with van der Waals surface area (Å²) in [4.78, 5) is 1.50. The quantitative estimate of drug-likeness (QED) is 0.648. The first-order valence-corrected chi connectivity index (χ1v) is 6.56.